The lowest BCUT2D eigenvalue weighted by atomic mass is 9.85. The number of hydrogen-bond donors (Lipinski definition) is 3. The Morgan fingerprint density at radius 1 is 1.15 bits per heavy atom. The number of pyridine rings is 1. The maximum absolute atomic E-state index is 14.4. The fourth-order valence-corrected chi connectivity index (χ4v) is 9.48. The zero-order chi connectivity index (χ0) is 33.1. The number of carbonyl (C=O) groups excluding carboxylic acids is 3. The third-order valence-corrected chi connectivity index (χ3v) is 12.4. The molecule has 3 amide bonds. The van der Waals surface area contributed by atoms with Crippen LogP contribution in [-0.2, 0) is 14.2 Å². The lowest BCUT2D eigenvalue weighted by Crippen LogP contribution is -2.57. The van der Waals surface area contributed by atoms with Crippen LogP contribution in [0.1, 0.15) is 84.0 Å². The first-order valence-electron chi connectivity index (χ1n) is 16.0. The van der Waals surface area contributed by atoms with Crippen LogP contribution < -0.4 is 5.32 Å². The average molecular weight is 680 g/mol. The molecule has 0 radical (unpaired) electrons. The van der Waals surface area contributed by atoms with Gasteiger partial charge in [0.2, 0.25) is 17.7 Å². The number of halogens is 1. The number of amides is 3. The van der Waals surface area contributed by atoms with E-state index < -0.39 is 37.0 Å². The minimum Gasteiger partial charge on any atom is -0.340 e. The van der Waals surface area contributed by atoms with E-state index in [1.165, 1.54) is 24.3 Å². The average Bonchev–Trinajstić information content (AvgIpc) is 3.40. The molecule has 2 aromatic heterocycles. The van der Waals surface area contributed by atoms with Crippen molar-refractivity contribution in [3.05, 3.63) is 64.8 Å². The highest BCUT2D eigenvalue weighted by molar-refractivity contribution is 7.51. The SMILES string of the molecule is N#C[C@H]1[C@H](c2cccnc2)CN(C(=O)[C@@H]2CC[C@@H]3CCCC[C@H](NC(=O)c4cc5cc([C@H](F)P(=O)(O)O)ccc5s4)C(=O)N32)C12CC2. The molecule has 3 saturated heterocycles. The van der Waals surface area contributed by atoms with E-state index in [1.54, 1.807) is 17.3 Å². The van der Waals surface area contributed by atoms with Crippen molar-refractivity contribution in [3.8, 4) is 6.07 Å². The first-order valence-corrected chi connectivity index (χ1v) is 18.5. The van der Waals surface area contributed by atoms with Crippen molar-refractivity contribution in [1.29, 1.82) is 5.26 Å². The molecule has 7 rings (SSSR count). The molecule has 3 aliphatic heterocycles. The smallest absolute Gasteiger partial charge is 0.340 e. The lowest BCUT2D eigenvalue weighted by molar-refractivity contribution is -0.148. The summed E-state index contributed by atoms with van der Waals surface area (Å²) in [6.07, 6.45) is 8.95. The Kier molecular flexibility index (Phi) is 8.20. The minimum atomic E-state index is -4.99. The Labute approximate surface area is 274 Å². The van der Waals surface area contributed by atoms with E-state index in [2.05, 4.69) is 16.4 Å². The molecule has 1 aromatic carbocycles. The molecule has 4 fully saturated rings. The normalized spacial score (nSPS) is 27.6. The number of likely N-dealkylation sites (tertiary alicyclic amines) is 1. The molecule has 11 nitrogen and oxygen atoms in total. The number of alkyl halides is 1. The van der Waals surface area contributed by atoms with Gasteiger partial charge in [0, 0.05) is 35.6 Å². The number of hydrogen-bond acceptors (Lipinski definition) is 7. The number of nitrogens with one attached hydrogen (secondary N) is 1. The summed E-state index contributed by atoms with van der Waals surface area (Å²) in [4.78, 5) is 68.6. The van der Waals surface area contributed by atoms with Crippen LogP contribution in [0.3, 0.4) is 0 Å². The topological polar surface area (TPSA) is 164 Å². The fourth-order valence-electron chi connectivity index (χ4n) is 7.98. The van der Waals surface area contributed by atoms with Gasteiger partial charge in [-0.15, -0.1) is 11.3 Å². The van der Waals surface area contributed by atoms with Crippen LogP contribution in [0.2, 0.25) is 0 Å². The van der Waals surface area contributed by atoms with Crippen LogP contribution in [0.4, 0.5) is 4.39 Å². The predicted molar refractivity (Wildman–Crippen MR) is 171 cm³/mol. The highest BCUT2D eigenvalue weighted by atomic mass is 32.1. The van der Waals surface area contributed by atoms with Crippen molar-refractivity contribution < 1.29 is 33.1 Å². The summed E-state index contributed by atoms with van der Waals surface area (Å²) in [5.41, 5.74) is 0.220. The maximum atomic E-state index is 14.4. The number of nitrogens with zero attached hydrogens (tertiary/aromatic N) is 4. The number of nitriles is 1. The van der Waals surface area contributed by atoms with Crippen molar-refractivity contribution in [2.75, 3.05) is 6.54 Å². The van der Waals surface area contributed by atoms with Gasteiger partial charge in [-0.1, -0.05) is 25.0 Å². The van der Waals surface area contributed by atoms with Crippen LogP contribution in [-0.4, -0.2) is 72.5 Å². The Bertz CT molecular complexity index is 1820. The molecule has 1 spiro atoms. The standard InChI is InChI=1S/C33H35FN5O6PS/c34-29(46(43,44)45)19-7-10-27-21(14-19)15-28(47-27)30(40)37-25-6-2-1-5-22-8-9-26(39(22)31(25)41)32(42)38-18-23(20-4-3-13-36-17-20)24(16-35)33(38)11-12-33/h3-4,7,10,13-15,17,22-26,29H,1-2,5-6,8-9,11-12,18H2,(H,37,40)(H2,43,44,45)/t22-,23-,24-,25-,26-,29+/m0/s1. The summed E-state index contributed by atoms with van der Waals surface area (Å²) in [5, 5.41) is 13.6. The third-order valence-electron chi connectivity index (χ3n) is 10.4. The van der Waals surface area contributed by atoms with Gasteiger partial charge in [0.15, 0.2) is 0 Å². The van der Waals surface area contributed by atoms with E-state index in [0.717, 1.165) is 49.0 Å². The number of thiophene rings is 1. The second-order valence-electron chi connectivity index (χ2n) is 13.2. The fraction of sp³-hybridized carbons (Fsp3) is 0.485. The molecular weight excluding hydrogens is 644 g/mol. The van der Waals surface area contributed by atoms with Gasteiger partial charge in [0.05, 0.1) is 22.4 Å². The van der Waals surface area contributed by atoms with Crippen LogP contribution in [0.15, 0.2) is 48.8 Å². The van der Waals surface area contributed by atoms with E-state index in [-0.39, 0.29) is 40.1 Å². The second-order valence-corrected chi connectivity index (χ2v) is 15.9. The van der Waals surface area contributed by atoms with Crippen molar-refractivity contribution in [2.24, 2.45) is 5.92 Å². The molecule has 246 valence electrons. The molecule has 5 heterocycles. The van der Waals surface area contributed by atoms with Crippen LogP contribution in [0, 0.1) is 17.2 Å². The number of aromatic nitrogens is 1. The van der Waals surface area contributed by atoms with Crippen molar-refractivity contribution in [1.82, 2.24) is 20.1 Å². The molecule has 14 heteroatoms. The molecule has 4 aliphatic rings. The molecule has 0 unspecified atom stereocenters. The monoisotopic (exact) mass is 679 g/mol. The van der Waals surface area contributed by atoms with Gasteiger partial charge < -0.3 is 24.9 Å². The van der Waals surface area contributed by atoms with E-state index in [0.29, 0.717) is 35.9 Å². The second kappa shape index (κ2) is 12.1. The molecule has 1 aliphatic carbocycles. The quantitative estimate of drug-likeness (QED) is 0.314. The van der Waals surface area contributed by atoms with E-state index in [1.807, 2.05) is 17.0 Å². The zero-order valence-corrected chi connectivity index (χ0v) is 27.2. The van der Waals surface area contributed by atoms with Gasteiger partial charge in [0.25, 0.3) is 5.91 Å². The van der Waals surface area contributed by atoms with E-state index >= 15 is 0 Å². The Balaban J connectivity index is 1.11. The summed E-state index contributed by atoms with van der Waals surface area (Å²) in [7, 11) is -4.99. The van der Waals surface area contributed by atoms with Gasteiger partial charge in [0.1, 0.15) is 12.1 Å². The molecular formula is C33H35FN5O6PS. The number of fused-ring (bicyclic) bond motifs is 2. The Hall–Kier alpha value is -3.69. The molecule has 47 heavy (non-hydrogen) atoms. The first kappa shape index (κ1) is 31.9. The predicted octanol–water partition coefficient (Wildman–Crippen LogP) is 4.77. The molecule has 0 bridgehead atoms. The third kappa shape index (κ3) is 5.65. The van der Waals surface area contributed by atoms with Gasteiger partial charge in [-0.05, 0) is 79.3 Å². The largest absolute Gasteiger partial charge is 0.363 e. The number of rotatable bonds is 6. The summed E-state index contributed by atoms with van der Waals surface area (Å²) >= 11 is 1.14. The highest BCUT2D eigenvalue weighted by Crippen LogP contribution is 2.58. The lowest BCUT2D eigenvalue weighted by Gasteiger charge is -2.37. The summed E-state index contributed by atoms with van der Waals surface area (Å²) in [5.74, 6) is -3.87. The molecule has 3 aromatic rings. The molecule has 1 saturated carbocycles. The highest BCUT2D eigenvalue weighted by Gasteiger charge is 2.64. The van der Waals surface area contributed by atoms with Crippen molar-refractivity contribution in [2.45, 2.75) is 86.9 Å². The van der Waals surface area contributed by atoms with Crippen LogP contribution in [0.5, 0.6) is 0 Å². The number of carbonyl (C=O) groups is 3. The summed E-state index contributed by atoms with van der Waals surface area (Å²) < 4.78 is 26.4. The Morgan fingerprint density at radius 2 is 1.94 bits per heavy atom. The van der Waals surface area contributed by atoms with Crippen molar-refractivity contribution >= 4 is 46.7 Å². The summed E-state index contributed by atoms with van der Waals surface area (Å²) in [6, 6.07) is 10.3. The zero-order valence-electron chi connectivity index (χ0n) is 25.5. The Morgan fingerprint density at radius 3 is 2.64 bits per heavy atom. The minimum absolute atomic E-state index is 0.111. The van der Waals surface area contributed by atoms with Gasteiger partial charge in [-0.25, -0.2) is 4.39 Å². The molecule has 6 atom stereocenters. The van der Waals surface area contributed by atoms with Crippen LogP contribution in [0.25, 0.3) is 10.1 Å². The van der Waals surface area contributed by atoms with Gasteiger partial charge in [-0.2, -0.15) is 5.26 Å². The molecule has 3 N–H and O–H groups in total. The van der Waals surface area contributed by atoms with Gasteiger partial charge in [-0.3, -0.25) is 23.9 Å². The van der Waals surface area contributed by atoms with E-state index in [4.69, 9.17) is 0 Å². The first-order chi connectivity index (χ1) is 22.5. The van der Waals surface area contributed by atoms with Gasteiger partial charge >= 0.3 is 7.60 Å². The maximum Gasteiger partial charge on any atom is 0.363 e. The van der Waals surface area contributed by atoms with E-state index in [9.17, 15) is 38.4 Å². The summed E-state index contributed by atoms with van der Waals surface area (Å²) in [6.45, 7) is 0.400. The van der Waals surface area contributed by atoms with Crippen LogP contribution >= 0.6 is 18.9 Å². The number of benzene rings is 1. The van der Waals surface area contributed by atoms with Crippen molar-refractivity contribution in [3.63, 3.8) is 0 Å².